The Labute approximate surface area is 219 Å². The maximum absolute atomic E-state index is 13.4. The van der Waals surface area contributed by atoms with Crippen LogP contribution in [-0.4, -0.2) is 51.8 Å². The molecule has 3 aromatic rings. The molecule has 0 spiro atoms. The number of rotatable bonds is 10. The predicted octanol–water partition coefficient (Wildman–Crippen LogP) is 5.03. The van der Waals surface area contributed by atoms with E-state index < -0.39 is 0 Å². The molecule has 1 N–H and O–H groups in total. The second-order valence-corrected chi connectivity index (χ2v) is 9.14. The quantitative estimate of drug-likeness (QED) is 0.418. The van der Waals surface area contributed by atoms with Gasteiger partial charge in [0.05, 0.1) is 34.5 Å². The molecule has 0 saturated carbocycles. The lowest BCUT2D eigenvalue weighted by Gasteiger charge is -2.42. The van der Waals surface area contributed by atoms with Gasteiger partial charge in [-0.2, -0.15) is 0 Å². The van der Waals surface area contributed by atoms with Gasteiger partial charge in [0.1, 0.15) is 11.5 Å². The fourth-order valence-corrected chi connectivity index (χ4v) is 5.06. The standard InChI is InChI=1S/C30H36N2O5/c1-6-26(31-30(33)22-8-7-9-24(16-22)35-3)29-25-18-28(37-5)27(36-4)17-21(25)14-15-32(29)19-20-10-12-23(34-2)13-11-20/h7-13,16-18,26,29H,6,14-15,19H2,1-5H3,(H,31,33)/t26-,29+/m0/s1. The van der Waals surface area contributed by atoms with E-state index in [0.29, 0.717) is 17.1 Å². The van der Waals surface area contributed by atoms with E-state index in [4.69, 9.17) is 18.9 Å². The molecule has 4 rings (SSSR count). The minimum atomic E-state index is -0.130. The summed E-state index contributed by atoms with van der Waals surface area (Å²) < 4.78 is 21.9. The SMILES string of the molecule is CC[C@H](NC(=O)c1cccc(OC)c1)[C@H]1c2cc(OC)c(OC)cc2CCN1Cc1ccc(OC)cc1. The zero-order valence-corrected chi connectivity index (χ0v) is 22.2. The number of carbonyl (C=O) groups excluding carboxylic acids is 1. The maximum atomic E-state index is 13.4. The first-order chi connectivity index (χ1) is 18.0. The highest BCUT2D eigenvalue weighted by molar-refractivity contribution is 5.94. The lowest BCUT2D eigenvalue weighted by atomic mass is 9.86. The normalized spacial score (nSPS) is 15.9. The predicted molar refractivity (Wildman–Crippen MR) is 144 cm³/mol. The maximum Gasteiger partial charge on any atom is 0.251 e. The summed E-state index contributed by atoms with van der Waals surface area (Å²) in [6.45, 7) is 3.70. The molecular weight excluding hydrogens is 468 g/mol. The molecule has 1 aliphatic heterocycles. The zero-order chi connectivity index (χ0) is 26.4. The first-order valence-corrected chi connectivity index (χ1v) is 12.6. The van der Waals surface area contributed by atoms with Gasteiger partial charge in [0.25, 0.3) is 5.91 Å². The largest absolute Gasteiger partial charge is 0.497 e. The Balaban J connectivity index is 1.70. The number of ether oxygens (including phenoxy) is 4. The summed E-state index contributed by atoms with van der Waals surface area (Å²) in [4.78, 5) is 15.8. The molecule has 7 heteroatoms. The summed E-state index contributed by atoms with van der Waals surface area (Å²) in [5.74, 6) is 2.77. The number of carbonyl (C=O) groups is 1. The number of methoxy groups -OCH3 is 4. The number of hydrogen-bond acceptors (Lipinski definition) is 6. The van der Waals surface area contributed by atoms with Crippen molar-refractivity contribution in [3.05, 3.63) is 82.9 Å². The Morgan fingerprint density at radius 3 is 2.27 bits per heavy atom. The van der Waals surface area contributed by atoms with Crippen molar-refractivity contribution in [3.63, 3.8) is 0 Å². The lowest BCUT2D eigenvalue weighted by molar-refractivity contribution is 0.0858. The van der Waals surface area contributed by atoms with Crippen LogP contribution in [0.15, 0.2) is 60.7 Å². The number of fused-ring (bicyclic) bond motifs is 1. The number of amides is 1. The van der Waals surface area contributed by atoms with E-state index in [1.165, 1.54) is 11.1 Å². The van der Waals surface area contributed by atoms with Crippen molar-refractivity contribution in [1.82, 2.24) is 10.2 Å². The second kappa shape index (κ2) is 12.0. The van der Waals surface area contributed by atoms with Crippen molar-refractivity contribution in [2.45, 2.75) is 38.4 Å². The Hall–Kier alpha value is -3.71. The number of nitrogens with one attached hydrogen (secondary N) is 1. The third-order valence-electron chi connectivity index (χ3n) is 7.04. The Morgan fingerprint density at radius 1 is 0.919 bits per heavy atom. The minimum Gasteiger partial charge on any atom is -0.497 e. The third-order valence-corrected chi connectivity index (χ3v) is 7.04. The fourth-order valence-electron chi connectivity index (χ4n) is 5.06. The minimum absolute atomic E-state index is 0.0507. The van der Waals surface area contributed by atoms with Crippen LogP contribution in [0, 0.1) is 0 Å². The molecule has 0 unspecified atom stereocenters. The summed E-state index contributed by atoms with van der Waals surface area (Å²) in [5.41, 5.74) is 4.12. The fraction of sp³-hybridized carbons (Fsp3) is 0.367. The van der Waals surface area contributed by atoms with E-state index in [1.807, 2.05) is 30.3 Å². The van der Waals surface area contributed by atoms with E-state index in [0.717, 1.165) is 43.0 Å². The highest BCUT2D eigenvalue weighted by Crippen LogP contribution is 2.40. The molecule has 0 aliphatic carbocycles. The summed E-state index contributed by atoms with van der Waals surface area (Å²) in [6.07, 6.45) is 1.63. The van der Waals surface area contributed by atoms with E-state index >= 15 is 0 Å². The van der Waals surface area contributed by atoms with Crippen molar-refractivity contribution in [2.24, 2.45) is 0 Å². The van der Waals surface area contributed by atoms with Crippen molar-refractivity contribution in [1.29, 1.82) is 0 Å². The van der Waals surface area contributed by atoms with Crippen LogP contribution >= 0.6 is 0 Å². The average molecular weight is 505 g/mol. The Bertz CT molecular complexity index is 1210. The molecule has 1 heterocycles. The van der Waals surface area contributed by atoms with Gasteiger partial charge in [-0.05, 0) is 72.0 Å². The first kappa shape index (κ1) is 26.4. The molecular formula is C30H36N2O5. The topological polar surface area (TPSA) is 69.3 Å². The highest BCUT2D eigenvalue weighted by atomic mass is 16.5. The summed E-state index contributed by atoms with van der Waals surface area (Å²) in [6, 6.07) is 19.4. The average Bonchev–Trinajstić information content (AvgIpc) is 2.95. The van der Waals surface area contributed by atoms with Gasteiger partial charge in [0.15, 0.2) is 11.5 Å². The van der Waals surface area contributed by atoms with Crippen LogP contribution in [0.1, 0.15) is 46.4 Å². The van der Waals surface area contributed by atoms with Gasteiger partial charge in [-0.15, -0.1) is 0 Å². The summed E-state index contributed by atoms with van der Waals surface area (Å²) in [5, 5.41) is 3.32. The van der Waals surface area contributed by atoms with Crippen LogP contribution in [0.3, 0.4) is 0 Å². The van der Waals surface area contributed by atoms with Gasteiger partial charge < -0.3 is 24.3 Å². The van der Waals surface area contributed by atoms with Crippen molar-refractivity contribution < 1.29 is 23.7 Å². The van der Waals surface area contributed by atoms with Crippen LogP contribution < -0.4 is 24.3 Å². The highest BCUT2D eigenvalue weighted by Gasteiger charge is 2.35. The summed E-state index contributed by atoms with van der Waals surface area (Å²) >= 11 is 0. The third kappa shape index (κ3) is 5.83. The first-order valence-electron chi connectivity index (χ1n) is 12.6. The molecule has 0 saturated heterocycles. The molecule has 3 aromatic carbocycles. The molecule has 7 nitrogen and oxygen atoms in total. The van der Waals surface area contributed by atoms with E-state index in [9.17, 15) is 4.79 Å². The van der Waals surface area contributed by atoms with Crippen molar-refractivity contribution in [2.75, 3.05) is 35.0 Å². The van der Waals surface area contributed by atoms with Gasteiger partial charge in [0, 0.05) is 24.7 Å². The van der Waals surface area contributed by atoms with Gasteiger partial charge >= 0.3 is 0 Å². The van der Waals surface area contributed by atoms with E-state index in [1.54, 1.807) is 34.5 Å². The van der Waals surface area contributed by atoms with Gasteiger partial charge in [0.2, 0.25) is 0 Å². The van der Waals surface area contributed by atoms with Gasteiger partial charge in [-0.25, -0.2) is 0 Å². The van der Waals surface area contributed by atoms with E-state index in [-0.39, 0.29) is 18.0 Å². The number of benzene rings is 3. The molecule has 0 fully saturated rings. The van der Waals surface area contributed by atoms with Crippen LogP contribution in [0.25, 0.3) is 0 Å². The molecule has 1 amide bonds. The van der Waals surface area contributed by atoms with Gasteiger partial charge in [-0.1, -0.05) is 25.1 Å². The number of nitrogens with zero attached hydrogens (tertiary/aromatic N) is 1. The molecule has 0 radical (unpaired) electrons. The van der Waals surface area contributed by atoms with Crippen LogP contribution in [0.4, 0.5) is 0 Å². The van der Waals surface area contributed by atoms with E-state index in [2.05, 4.69) is 41.4 Å². The Morgan fingerprint density at radius 2 is 1.62 bits per heavy atom. The monoisotopic (exact) mass is 504 g/mol. The molecule has 1 aliphatic rings. The molecule has 2 atom stereocenters. The molecule has 0 bridgehead atoms. The zero-order valence-electron chi connectivity index (χ0n) is 22.2. The van der Waals surface area contributed by atoms with Gasteiger partial charge in [-0.3, -0.25) is 9.69 Å². The number of hydrogen-bond donors (Lipinski definition) is 1. The van der Waals surface area contributed by atoms with Crippen LogP contribution in [0.5, 0.6) is 23.0 Å². The van der Waals surface area contributed by atoms with Crippen LogP contribution in [-0.2, 0) is 13.0 Å². The molecule has 0 aromatic heterocycles. The molecule has 196 valence electrons. The van der Waals surface area contributed by atoms with Crippen molar-refractivity contribution in [3.8, 4) is 23.0 Å². The Kier molecular flexibility index (Phi) is 8.56. The van der Waals surface area contributed by atoms with Crippen molar-refractivity contribution >= 4 is 5.91 Å². The lowest BCUT2D eigenvalue weighted by Crippen LogP contribution is -2.48. The smallest absolute Gasteiger partial charge is 0.251 e. The second-order valence-electron chi connectivity index (χ2n) is 9.14. The summed E-state index contributed by atoms with van der Waals surface area (Å²) in [7, 11) is 6.58. The van der Waals surface area contributed by atoms with Crippen LogP contribution in [0.2, 0.25) is 0 Å². The molecule has 37 heavy (non-hydrogen) atoms.